The van der Waals surface area contributed by atoms with E-state index in [9.17, 15) is 0 Å². The summed E-state index contributed by atoms with van der Waals surface area (Å²) < 4.78 is 10.8. The Labute approximate surface area is 137 Å². The first-order valence-corrected chi connectivity index (χ1v) is 9.49. The van der Waals surface area contributed by atoms with E-state index in [2.05, 4.69) is 23.6 Å². The Morgan fingerprint density at radius 3 is 1.36 bits per heavy atom. The molecule has 0 aliphatic carbocycles. The monoisotopic (exact) mass is 312 g/mol. The van der Waals surface area contributed by atoms with Crippen LogP contribution in [0.3, 0.4) is 0 Å². The van der Waals surface area contributed by atoms with E-state index >= 15 is 0 Å². The lowest BCUT2D eigenvalue weighted by molar-refractivity contribution is 0.213. The second kappa shape index (κ2) is 10.6. The molecule has 0 aromatic carbocycles. The van der Waals surface area contributed by atoms with E-state index in [0.29, 0.717) is 12.2 Å². The van der Waals surface area contributed by atoms with Gasteiger partial charge in [0, 0.05) is 13.1 Å². The molecule has 2 aliphatic heterocycles. The highest BCUT2D eigenvalue weighted by Gasteiger charge is 2.26. The second-order valence-corrected chi connectivity index (χ2v) is 6.93. The summed E-state index contributed by atoms with van der Waals surface area (Å²) in [6, 6.07) is 0. The van der Waals surface area contributed by atoms with Crippen molar-refractivity contribution in [2.45, 2.75) is 64.6 Å². The van der Waals surface area contributed by atoms with Crippen LogP contribution in [0.2, 0.25) is 0 Å². The Kier molecular flexibility index (Phi) is 8.75. The third-order valence-electron chi connectivity index (χ3n) is 4.58. The highest BCUT2D eigenvalue weighted by Crippen LogP contribution is 2.14. The predicted molar refractivity (Wildman–Crippen MR) is 91.4 cm³/mol. The van der Waals surface area contributed by atoms with Gasteiger partial charge in [-0.15, -0.1) is 0 Å². The highest BCUT2D eigenvalue weighted by atomic mass is 16.6. The summed E-state index contributed by atoms with van der Waals surface area (Å²) in [6.07, 6.45) is 8.88. The van der Waals surface area contributed by atoms with E-state index in [1.807, 2.05) is 0 Å². The van der Waals surface area contributed by atoms with Gasteiger partial charge in [-0.25, -0.2) is 0 Å². The lowest BCUT2D eigenvalue weighted by atomic mass is 10.2. The first-order valence-electron chi connectivity index (χ1n) is 9.49. The van der Waals surface area contributed by atoms with E-state index in [1.165, 1.54) is 64.7 Å². The molecule has 0 bridgehead atoms. The fourth-order valence-electron chi connectivity index (χ4n) is 2.95. The standard InChI is InChI=1S/C18H36N2O2/c1-3-5-9-19(13-17-15-21-17)11-7-8-12-20(10-6-4-2)14-18-16-22-18/h17-18H,3-16H2,1-2H3. The maximum atomic E-state index is 5.39. The van der Waals surface area contributed by atoms with E-state index in [0.717, 1.165) is 26.3 Å². The molecule has 0 spiro atoms. The van der Waals surface area contributed by atoms with Gasteiger partial charge in [0.15, 0.2) is 0 Å². The number of ether oxygens (including phenoxy) is 2. The van der Waals surface area contributed by atoms with Crippen LogP contribution in [0.5, 0.6) is 0 Å². The van der Waals surface area contributed by atoms with Crippen LogP contribution in [0.25, 0.3) is 0 Å². The molecule has 22 heavy (non-hydrogen) atoms. The molecule has 2 rings (SSSR count). The van der Waals surface area contributed by atoms with Crippen LogP contribution in [-0.4, -0.2) is 74.5 Å². The Morgan fingerprint density at radius 1 is 0.682 bits per heavy atom. The molecule has 2 aliphatic rings. The SMILES string of the molecule is CCCCN(CCCCN(CCCC)CC1CO1)CC1CO1. The average Bonchev–Trinajstić information content (AvgIpc) is 3.41. The van der Waals surface area contributed by atoms with Crippen molar-refractivity contribution in [1.82, 2.24) is 9.80 Å². The van der Waals surface area contributed by atoms with Gasteiger partial charge in [-0.2, -0.15) is 0 Å². The topological polar surface area (TPSA) is 31.5 Å². The van der Waals surface area contributed by atoms with E-state index in [-0.39, 0.29) is 0 Å². The molecule has 0 radical (unpaired) electrons. The van der Waals surface area contributed by atoms with Crippen molar-refractivity contribution in [2.24, 2.45) is 0 Å². The first-order chi connectivity index (χ1) is 10.8. The Hall–Kier alpha value is -0.160. The van der Waals surface area contributed by atoms with Crippen molar-refractivity contribution in [2.75, 3.05) is 52.5 Å². The van der Waals surface area contributed by atoms with Crippen LogP contribution in [0.4, 0.5) is 0 Å². The molecule has 4 nitrogen and oxygen atoms in total. The maximum Gasteiger partial charge on any atom is 0.0936 e. The molecule has 0 N–H and O–H groups in total. The summed E-state index contributed by atoms with van der Waals surface area (Å²) in [7, 11) is 0. The molecular formula is C18H36N2O2. The zero-order valence-electron chi connectivity index (χ0n) is 14.8. The number of unbranched alkanes of at least 4 members (excludes halogenated alkanes) is 3. The van der Waals surface area contributed by atoms with Crippen LogP contribution in [0.1, 0.15) is 52.4 Å². The van der Waals surface area contributed by atoms with Crippen molar-refractivity contribution in [3.8, 4) is 0 Å². The minimum atomic E-state index is 0.532. The summed E-state index contributed by atoms with van der Waals surface area (Å²) in [5.74, 6) is 0. The molecule has 0 amide bonds. The molecule has 2 saturated heterocycles. The second-order valence-electron chi connectivity index (χ2n) is 6.93. The molecule has 2 atom stereocenters. The quantitative estimate of drug-likeness (QED) is 0.344. The highest BCUT2D eigenvalue weighted by molar-refractivity contribution is 4.76. The number of rotatable bonds is 15. The van der Waals surface area contributed by atoms with Gasteiger partial charge in [-0.1, -0.05) is 26.7 Å². The minimum Gasteiger partial charge on any atom is -0.372 e. The zero-order chi connectivity index (χ0) is 15.6. The van der Waals surface area contributed by atoms with E-state index in [1.54, 1.807) is 0 Å². The lowest BCUT2D eigenvalue weighted by Crippen LogP contribution is -2.32. The molecular weight excluding hydrogens is 276 g/mol. The van der Waals surface area contributed by atoms with Crippen LogP contribution in [0, 0.1) is 0 Å². The van der Waals surface area contributed by atoms with E-state index in [4.69, 9.17) is 9.47 Å². The fraction of sp³-hybridized carbons (Fsp3) is 1.00. The van der Waals surface area contributed by atoms with Gasteiger partial charge >= 0.3 is 0 Å². The summed E-state index contributed by atoms with van der Waals surface area (Å²) in [5, 5.41) is 0. The molecule has 0 saturated carbocycles. The molecule has 130 valence electrons. The molecule has 2 heterocycles. The Morgan fingerprint density at radius 2 is 1.05 bits per heavy atom. The van der Waals surface area contributed by atoms with Gasteiger partial charge in [0.2, 0.25) is 0 Å². The van der Waals surface area contributed by atoms with Crippen molar-refractivity contribution in [3.63, 3.8) is 0 Å². The van der Waals surface area contributed by atoms with Gasteiger partial charge in [-0.05, 0) is 51.9 Å². The summed E-state index contributed by atoms with van der Waals surface area (Å²) in [6.45, 7) is 13.8. The van der Waals surface area contributed by atoms with Gasteiger partial charge < -0.3 is 19.3 Å². The predicted octanol–water partition coefficient (Wildman–Crippen LogP) is 2.77. The number of nitrogens with zero attached hydrogens (tertiary/aromatic N) is 2. The minimum absolute atomic E-state index is 0.532. The smallest absolute Gasteiger partial charge is 0.0936 e. The molecule has 2 fully saturated rings. The van der Waals surface area contributed by atoms with Crippen molar-refractivity contribution >= 4 is 0 Å². The van der Waals surface area contributed by atoms with Gasteiger partial charge in [0.05, 0.1) is 25.4 Å². The van der Waals surface area contributed by atoms with Crippen LogP contribution in [-0.2, 0) is 9.47 Å². The maximum absolute atomic E-state index is 5.39. The molecule has 0 aromatic rings. The van der Waals surface area contributed by atoms with Gasteiger partial charge in [0.1, 0.15) is 0 Å². The van der Waals surface area contributed by atoms with E-state index < -0.39 is 0 Å². The van der Waals surface area contributed by atoms with Crippen molar-refractivity contribution in [3.05, 3.63) is 0 Å². The number of epoxide rings is 2. The summed E-state index contributed by atoms with van der Waals surface area (Å²) in [5.41, 5.74) is 0. The van der Waals surface area contributed by atoms with Crippen molar-refractivity contribution in [1.29, 1.82) is 0 Å². The molecule has 0 aromatic heterocycles. The fourth-order valence-corrected chi connectivity index (χ4v) is 2.95. The molecule has 2 unspecified atom stereocenters. The summed E-state index contributed by atoms with van der Waals surface area (Å²) >= 11 is 0. The third-order valence-corrected chi connectivity index (χ3v) is 4.58. The van der Waals surface area contributed by atoms with Crippen molar-refractivity contribution < 1.29 is 9.47 Å². The largest absolute Gasteiger partial charge is 0.372 e. The van der Waals surface area contributed by atoms with Crippen LogP contribution >= 0.6 is 0 Å². The normalized spacial score (nSPS) is 23.5. The number of hydrogen-bond donors (Lipinski definition) is 0. The van der Waals surface area contributed by atoms with Crippen LogP contribution in [0.15, 0.2) is 0 Å². The zero-order valence-corrected chi connectivity index (χ0v) is 14.8. The average molecular weight is 312 g/mol. The van der Waals surface area contributed by atoms with Gasteiger partial charge in [-0.3, -0.25) is 0 Å². The van der Waals surface area contributed by atoms with Gasteiger partial charge in [0.25, 0.3) is 0 Å². The van der Waals surface area contributed by atoms with Crippen LogP contribution < -0.4 is 0 Å². The number of hydrogen-bond acceptors (Lipinski definition) is 4. The Balaban J connectivity index is 1.56. The Bertz CT molecular complexity index is 252. The summed E-state index contributed by atoms with van der Waals surface area (Å²) in [4.78, 5) is 5.23. The first kappa shape index (κ1) is 18.2. The molecule has 4 heteroatoms. The third kappa shape index (κ3) is 8.47. The lowest BCUT2D eigenvalue weighted by Gasteiger charge is -2.23.